The van der Waals surface area contributed by atoms with E-state index in [9.17, 15) is 4.79 Å². The van der Waals surface area contributed by atoms with Crippen LogP contribution in [-0.4, -0.2) is 47.6 Å². The van der Waals surface area contributed by atoms with Crippen LogP contribution in [0.15, 0.2) is 12.3 Å². The Labute approximate surface area is 123 Å². The number of aliphatic hydroxyl groups is 1. The zero-order chi connectivity index (χ0) is 14.5. The summed E-state index contributed by atoms with van der Waals surface area (Å²) in [6.07, 6.45) is 4.28. The number of hydrogen-bond acceptors (Lipinski definition) is 4. The molecule has 5 nitrogen and oxygen atoms in total. The topological polar surface area (TPSA) is 65.5 Å². The third-order valence-electron chi connectivity index (χ3n) is 3.69. The monoisotopic (exact) mass is 297 g/mol. The second kappa shape index (κ2) is 6.90. The standard InChI is InChI=1S/C14H20ClN3O2/c1-16-13-7-11(12(15)8-17-13)14(20)18-5-2-3-10(9-18)4-6-19/h7-8,10,19H,2-6,9H2,1H3,(H,16,17). The van der Waals surface area contributed by atoms with Crippen LogP contribution < -0.4 is 5.32 Å². The van der Waals surface area contributed by atoms with Gasteiger partial charge in [0, 0.05) is 32.9 Å². The summed E-state index contributed by atoms with van der Waals surface area (Å²) in [5.41, 5.74) is 0.482. The maximum atomic E-state index is 12.6. The Bertz CT molecular complexity index is 479. The van der Waals surface area contributed by atoms with E-state index in [0.717, 1.165) is 25.8 Å². The highest BCUT2D eigenvalue weighted by molar-refractivity contribution is 6.33. The van der Waals surface area contributed by atoms with Crippen molar-refractivity contribution in [2.75, 3.05) is 32.1 Å². The summed E-state index contributed by atoms with van der Waals surface area (Å²) < 4.78 is 0. The van der Waals surface area contributed by atoms with Gasteiger partial charge in [-0.15, -0.1) is 0 Å². The molecular weight excluding hydrogens is 278 g/mol. The highest BCUT2D eigenvalue weighted by Gasteiger charge is 2.25. The highest BCUT2D eigenvalue weighted by Crippen LogP contribution is 2.24. The van der Waals surface area contributed by atoms with Crippen molar-refractivity contribution in [1.29, 1.82) is 0 Å². The van der Waals surface area contributed by atoms with Gasteiger partial charge >= 0.3 is 0 Å². The molecule has 0 bridgehead atoms. The van der Waals surface area contributed by atoms with Crippen LogP contribution in [0.4, 0.5) is 5.82 Å². The Morgan fingerprint density at radius 2 is 2.45 bits per heavy atom. The van der Waals surface area contributed by atoms with E-state index in [-0.39, 0.29) is 12.5 Å². The number of anilines is 1. The smallest absolute Gasteiger partial charge is 0.255 e. The first kappa shape index (κ1) is 15.1. The van der Waals surface area contributed by atoms with E-state index in [0.29, 0.717) is 28.9 Å². The Morgan fingerprint density at radius 1 is 1.65 bits per heavy atom. The average molecular weight is 298 g/mol. The molecule has 110 valence electrons. The number of rotatable bonds is 4. The lowest BCUT2D eigenvalue weighted by Crippen LogP contribution is -2.40. The lowest BCUT2D eigenvalue weighted by atomic mass is 9.95. The summed E-state index contributed by atoms with van der Waals surface area (Å²) in [5.74, 6) is 0.945. The SMILES string of the molecule is CNc1cc(C(=O)N2CCCC(CCO)C2)c(Cl)cn1. The Balaban J connectivity index is 2.14. The molecule has 0 radical (unpaired) electrons. The van der Waals surface area contributed by atoms with E-state index >= 15 is 0 Å². The number of hydrogen-bond donors (Lipinski definition) is 2. The molecule has 2 heterocycles. The molecule has 20 heavy (non-hydrogen) atoms. The van der Waals surface area contributed by atoms with Crippen LogP contribution in [-0.2, 0) is 0 Å². The number of aliphatic hydroxyl groups excluding tert-OH is 1. The third-order valence-corrected chi connectivity index (χ3v) is 3.99. The van der Waals surface area contributed by atoms with Gasteiger partial charge in [0.2, 0.25) is 0 Å². The molecule has 2 rings (SSSR count). The van der Waals surface area contributed by atoms with Gasteiger partial charge in [-0.2, -0.15) is 0 Å². The van der Waals surface area contributed by atoms with Gasteiger partial charge in [0.15, 0.2) is 0 Å². The molecule has 2 N–H and O–H groups in total. The van der Waals surface area contributed by atoms with Crippen molar-refractivity contribution in [2.24, 2.45) is 5.92 Å². The van der Waals surface area contributed by atoms with Crippen LogP contribution in [0.2, 0.25) is 5.02 Å². The molecule has 0 spiro atoms. The summed E-state index contributed by atoms with van der Waals surface area (Å²) >= 11 is 6.09. The molecule has 1 aliphatic heterocycles. The van der Waals surface area contributed by atoms with Crippen molar-refractivity contribution in [3.63, 3.8) is 0 Å². The van der Waals surface area contributed by atoms with Gasteiger partial charge in [0.1, 0.15) is 5.82 Å². The van der Waals surface area contributed by atoms with Crippen molar-refractivity contribution in [3.05, 3.63) is 22.8 Å². The lowest BCUT2D eigenvalue weighted by Gasteiger charge is -2.32. The number of nitrogens with zero attached hydrogens (tertiary/aromatic N) is 2. The molecule has 1 saturated heterocycles. The maximum absolute atomic E-state index is 12.6. The van der Waals surface area contributed by atoms with E-state index < -0.39 is 0 Å². The predicted octanol–water partition coefficient (Wildman–Crippen LogP) is 2.01. The first-order chi connectivity index (χ1) is 9.65. The van der Waals surface area contributed by atoms with Gasteiger partial charge in [-0.05, 0) is 31.2 Å². The maximum Gasteiger partial charge on any atom is 0.255 e. The largest absolute Gasteiger partial charge is 0.396 e. The van der Waals surface area contributed by atoms with Gasteiger partial charge in [0.25, 0.3) is 5.91 Å². The number of pyridine rings is 1. The predicted molar refractivity (Wildman–Crippen MR) is 79.1 cm³/mol. The first-order valence-corrected chi connectivity index (χ1v) is 7.27. The van der Waals surface area contributed by atoms with Crippen LogP contribution in [0, 0.1) is 5.92 Å². The summed E-state index contributed by atoms with van der Waals surface area (Å²) in [7, 11) is 1.75. The lowest BCUT2D eigenvalue weighted by molar-refractivity contribution is 0.0654. The Kier molecular flexibility index (Phi) is 5.20. The number of carbonyl (C=O) groups is 1. The summed E-state index contributed by atoms with van der Waals surface area (Å²) in [4.78, 5) is 18.5. The molecular formula is C14H20ClN3O2. The van der Waals surface area contributed by atoms with Crippen molar-refractivity contribution < 1.29 is 9.90 Å². The minimum absolute atomic E-state index is 0.0588. The van der Waals surface area contributed by atoms with Crippen LogP contribution >= 0.6 is 11.6 Å². The number of amides is 1. The Hall–Kier alpha value is -1.33. The van der Waals surface area contributed by atoms with Crippen molar-refractivity contribution in [1.82, 2.24) is 9.88 Å². The molecule has 1 atom stereocenters. The Morgan fingerprint density at radius 3 is 3.15 bits per heavy atom. The van der Waals surface area contributed by atoms with Crippen LogP contribution in [0.1, 0.15) is 29.6 Å². The van der Waals surface area contributed by atoms with Crippen LogP contribution in [0.3, 0.4) is 0 Å². The third kappa shape index (κ3) is 3.41. The number of nitrogens with one attached hydrogen (secondary N) is 1. The highest BCUT2D eigenvalue weighted by atomic mass is 35.5. The van der Waals surface area contributed by atoms with Gasteiger partial charge in [-0.3, -0.25) is 4.79 Å². The number of halogens is 1. The minimum Gasteiger partial charge on any atom is -0.396 e. The zero-order valence-corrected chi connectivity index (χ0v) is 12.4. The zero-order valence-electron chi connectivity index (χ0n) is 11.6. The van der Waals surface area contributed by atoms with Gasteiger partial charge in [-0.1, -0.05) is 11.6 Å². The van der Waals surface area contributed by atoms with Gasteiger partial charge in [-0.25, -0.2) is 4.98 Å². The molecule has 0 aliphatic carbocycles. The van der Waals surface area contributed by atoms with E-state index in [4.69, 9.17) is 16.7 Å². The first-order valence-electron chi connectivity index (χ1n) is 6.89. The second-order valence-corrected chi connectivity index (χ2v) is 5.48. The van der Waals surface area contributed by atoms with Crippen molar-refractivity contribution >= 4 is 23.3 Å². The van der Waals surface area contributed by atoms with Crippen molar-refractivity contribution in [2.45, 2.75) is 19.3 Å². The van der Waals surface area contributed by atoms with Crippen LogP contribution in [0.5, 0.6) is 0 Å². The number of aromatic nitrogens is 1. The molecule has 1 aromatic heterocycles. The molecule has 0 saturated carbocycles. The number of likely N-dealkylation sites (tertiary alicyclic amines) is 1. The van der Waals surface area contributed by atoms with E-state index in [1.807, 2.05) is 4.90 Å². The summed E-state index contributed by atoms with van der Waals surface area (Å²) in [6.45, 7) is 1.61. The fraction of sp³-hybridized carbons (Fsp3) is 0.571. The van der Waals surface area contributed by atoms with Gasteiger partial charge in [0.05, 0.1) is 10.6 Å². The van der Waals surface area contributed by atoms with Crippen LogP contribution in [0.25, 0.3) is 0 Å². The summed E-state index contributed by atoms with van der Waals surface area (Å²) in [5, 5.41) is 12.3. The van der Waals surface area contributed by atoms with E-state index in [1.165, 1.54) is 6.20 Å². The molecule has 1 aliphatic rings. The fourth-order valence-corrected chi connectivity index (χ4v) is 2.76. The fourth-order valence-electron chi connectivity index (χ4n) is 2.58. The minimum atomic E-state index is -0.0588. The molecule has 1 amide bonds. The van der Waals surface area contributed by atoms with Crippen molar-refractivity contribution in [3.8, 4) is 0 Å². The molecule has 1 fully saturated rings. The van der Waals surface area contributed by atoms with E-state index in [2.05, 4.69) is 10.3 Å². The molecule has 1 aromatic rings. The quantitative estimate of drug-likeness (QED) is 0.892. The van der Waals surface area contributed by atoms with E-state index in [1.54, 1.807) is 13.1 Å². The average Bonchev–Trinajstić information content (AvgIpc) is 2.48. The molecule has 6 heteroatoms. The number of piperidine rings is 1. The van der Waals surface area contributed by atoms with Gasteiger partial charge < -0.3 is 15.3 Å². The second-order valence-electron chi connectivity index (χ2n) is 5.07. The summed E-state index contributed by atoms with van der Waals surface area (Å²) in [6, 6.07) is 1.68. The normalized spacial score (nSPS) is 18.9. The molecule has 1 unspecified atom stereocenters. The molecule has 0 aromatic carbocycles. The number of carbonyl (C=O) groups excluding carboxylic acids is 1.